The number of amides is 1. The minimum Gasteiger partial charge on any atom is -0.496 e. The fraction of sp³-hybridized carbons (Fsp3) is 0.105. The van der Waals surface area contributed by atoms with Crippen molar-refractivity contribution < 1.29 is 9.53 Å². The number of ether oxygens (including phenoxy) is 1. The first-order valence-electron chi connectivity index (χ1n) is 7.79. The second-order valence-electron chi connectivity index (χ2n) is 5.61. The van der Waals surface area contributed by atoms with E-state index in [0.717, 1.165) is 0 Å². The van der Waals surface area contributed by atoms with Crippen LogP contribution in [0.2, 0.25) is 5.02 Å². The lowest BCUT2D eigenvalue weighted by atomic mass is 10.1. The first-order valence-corrected chi connectivity index (χ1v) is 8.17. The number of aromatic amines is 1. The molecule has 0 saturated heterocycles. The maximum absolute atomic E-state index is 12.6. The van der Waals surface area contributed by atoms with Crippen LogP contribution < -0.4 is 15.6 Å². The van der Waals surface area contributed by atoms with Crippen LogP contribution in [-0.2, 0) is 0 Å². The van der Waals surface area contributed by atoms with Gasteiger partial charge in [-0.2, -0.15) is 0 Å². The molecule has 0 radical (unpaired) electrons. The number of H-pyrrole nitrogens is 1. The molecule has 132 valence electrons. The summed E-state index contributed by atoms with van der Waals surface area (Å²) in [4.78, 5) is 31.2. The zero-order chi connectivity index (χ0) is 18.7. The maximum atomic E-state index is 12.6. The number of nitrogens with zero attached hydrogens (tertiary/aromatic N) is 1. The lowest BCUT2D eigenvalue weighted by Crippen LogP contribution is -2.13. The second-order valence-corrected chi connectivity index (χ2v) is 6.05. The van der Waals surface area contributed by atoms with Gasteiger partial charge in [0.05, 0.1) is 12.7 Å². The first kappa shape index (κ1) is 17.7. The average molecular weight is 370 g/mol. The molecule has 0 aliphatic heterocycles. The van der Waals surface area contributed by atoms with Crippen LogP contribution >= 0.6 is 11.6 Å². The molecule has 26 heavy (non-hydrogen) atoms. The van der Waals surface area contributed by atoms with E-state index in [0.29, 0.717) is 39.1 Å². The number of aryl methyl sites for hydroxylation is 1. The summed E-state index contributed by atoms with van der Waals surface area (Å²) in [5.74, 6) is 0.506. The summed E-state index contributed by atoms with van der Waals surface area (Å²) in [6.07, 6.45) is 0. The number of carbonyl (C=O) groups is 1. The fourth-order valence-corrected chi connectivity index (χ4v) is 2.69. The molecule has 0 atom stereocenters. The average Bonchev–Trinajstić information content (AvgIpc) is 2.61. The van der Waals surface area contributed by atoms with Crippen LogP contribution in [-0.4, -0.2) is 23.0 Å². The number of hydrogen-bond donors (Lipinski definition) is 2. The van der Waals surface area contributed by atoms with E-state index in [4.69, 9.17) is 16.3 Å². The van der Waals surface area contributed by atoms with Crippen molar-refractivity contribution in [2.45, 2.75) is 6.92 Å². The number of anilines is 1. The fourth-order valence-electron chi connectivity index (χ4n) is 2.52. The molecule has 1 heterocycles. The summed E-state index contributed by atoms with van der Waals surface area (Å²) in [6.45, 7) is 1.75. The molecule has 1 amide bonds. The van der Waals surface area contributed by atoms with Crippen molar-refractivity contribution in [2.24, 2.45) is 0 Å². The molecule has 2 N–H and O–H groups in total. The van der Waals surface area contributed by atoms with E-state index in [-0.39, 0.29) is 11.5 Å². The number of methoxy groups -OCH3 is 1. The monoisotopic (exact) mass is 369 g/mol. The predicted octanol–water partition coefficient (Wildman–Crippen LogP) is 3.66. The highest BCUT2D eigenvalue weighted by Crippen LogP contribution is 2.25. The summed E-state index contributed by atoms with van der Waals surface area (Å²) in [7, 11) is 1.49. The molecule has 0 fully saturated rings. The number of hydrogen-bond acceptors (Lipinski definition) is 4. The van der Waals surface area contributed by atoms with Crippen LogP contribution in [0.3, 0.4) is 0 Å². The van der Waals surface area contributed by atoms with Crippen molar-refractivity contribution in [3.8, 4) is 17.1 Å². The molecular weight excluding hydrogens is 354 g/mol. The van der Waals surface area contributed by atoms with E-state index in [1.807, 2.05) is 0 Å². The van der Waals surface area contributed by atoms with E-state index >= 15 is 0 Å². The van der Waals surface area contributed by atoms with Gasteiger partial charge in [0, 0.05) is 28.0 Å². The second kappa shape index (κ2) is 7.41. The molecule has 0 spiro atoms. The van der Waals surface area contributed by atoms with Gasteiger partial charge in [-0.15, -0.1) is 0 Å². The Balaban J connectivity index is 1.91. The van der Waals surface area contributed by atoms with E-state index < -0.39 is 0 Å². The number of aromatic nitrogens is 2. The van der Waals surface area contributed by atoms with E-state index in [1.54, 1.807) is 49.4 Å². The van der Waals surface area contributed by atoms with Gasteiger partial charge < -0.3 is 15.0 Å². The van der Waals surface area contributed by atoms with Crippen molar-refractivity contribution in [1.82, 2.24) is 9.97 Å². The summed E-state index contributed by atoms with van der Waals surface area (Å²) < 4.78 is 5.21. The molecule has 2 aromatic carbocycles. The molecule has 1 aromatic heterocycles. The third-order valence-corrected chi connectivity index (χ3v) is 3.90. The van der Waals surface area contributed by atoms with Crippen molar-refractivity contribution in [3.05, 3.63) is 75.2 Å². The highest BCUT2D eigenvalue weighted by Gasteiger charge is 2.14. The third-order valence-electron chi connectivity index (χ3n) is 3.67. The number of halogens is 1. The number of benzene rings is 2. The van der Waals surface area contributed by atoms with Crippen molar-refractivity contribution >= 4 is 23.2 Å². The highest BCUT2D eigenvalue weighted by atomic mass is 35.5. The van der Waals surface area contributed by atoms with E-state index in [2.05, 4.69) is 15.3 Å². The van der Waals surface area contributed by atoms with Crippen molar-refractivity contribution in [1.29, 1.82) is 0 Å². The van der Waals surface area contributed by atoms with Crippen LogP contribution in [0.5, 0.6) is 5.75 Å². The molecule has 0 aliphatic carbocycles. The Labute approximate surface area is 154 Å². The molecule has 0 saturated carbocycles. The molecule has 7 heteroatoms. The number of rotatable bonds is 4. The Morgan fingerprint density at radius 1 is 1.19 bits per heavy atom. The Morgan fingerprint density at radius 3 is 2.73 bits per heavy atom. The normalized spacial score (nSPS) is 10.4. The molecule has 3 aromatic rings. The van der Waals surface area contributed by atoms with E-state index in [9.17, 15) is 9.59 Å². The Kier molecular flexibility index (Phi) is 5.04. The van der Waals surface area contributed by atoms with E-state index in [1.165, 1.54) is 13.2 Å². The Morgan fingerprint density at radius 2 is 2.00 bits per heavy atom. The van der Waals surface area contributed by atoms with Crippen LogP contribution in [0.15, 0.2) is 53.3 Å². The lowest BCUT2D eigenvalue weighted by molar-refractivity contribution is 0.102. The quantitative estimate of drug-likeness (QED) is 0.735. The summed E-state index contributed by atoms with van der Waals surface area (Å²) in [5.41, 5.74) is 1.94. The van der Waals surface area contributed by atoms with Gasteiger partial charge in [-0.05, 0) is 37.3 Å². The summed E-state index contributed by atoms with van der Waals surface area (Å²) in [6, 6.07) is 13.3. The van der Waals surface area contributed by atoms with Crippen LogP contribution in [0.4, 0.5) is 5.69 Å². The maximum Gasteiger partial charge on any atom is 0.259 e. The van der Waals surface area contributed by atoms with Gasteiger partial charge in [0.1, 0.15) is 11.6 Å². The number of nitrogens with one attached hydrogen (secondary N) is 2. The van der Waals surface area contributed by atoms with Gasteiger partial charge in [0.25, 0.3) is 11.5 Å². The molecule has 6 nitrogen and oxygen atoms in total. The number of carbonyl (C=O) groups excluding carboxylic acids is 1. The highest BCUT2D eigenvalue weighted by molar-refractivity contribution is 6.31. The molecule has 0 bridgehead atoms. The topological polar surface area (TPSA) is 84.1 Å². The first-order chi connectivity index (χ1) is 12.5. The van der Waals surface area contributed by atoms with Gasteiger partial charge in [-0.1, -0.05) is 23.7 Å². The molecule has 0 aliphatic rings. The minimum atomic E-state index is -0.354. The largest absolute Gasteiger partial charge is 0.496 e. The van der Waals surface area contributed by atoms with Crippen LogP contribution in [0.25, 0.3) is 11.4 Å². The van der Waals surface area contributed by atoms with Crippen LogP contribution in [0, 0.1) is 6.92 Å². The Bertz CT molecular complexity index is 1030. The van der Waals surface area contributed by atoms with Crippen LogP contribution in [0.1, 0.15) is 16.1 Å². The van der Waals surface area contributed by atoms with Gasteiger partial charge in [0.15, 0.2) is 0 Å². The SMILES string of the molecule is COc1ccc(Cl)cc1C(=O)Nc1cccc(-c2nc(C)cc(=O)[nH]2)c1. The summed E-state index contributed by atoms with van der Waals surface area (Å²) >= 11 is 5.98. The molecule has 3 rings (SSSR count). The van der Waals surface area contributed by atoms with Gasteiger partial charge in [-0.25, -0.2) is 4.98 Å². The zero-order valence-corrected chi connectivity index (χ0v) is 14.9. The third kappa shape index (κ3) is 3.92. The standard InChI is InChI=1S/C19H16ClN3O3/c1-11-8-17(24)23-18(21-11)12-4-3-5-14(9-12)22-19(25)15-10-13(20)6-7-16(15)26-2/h3-10H,1-2H3,(H,22,25)(H,21,23,24). The lowest BCUT2D eigenvalue weighted by Gasteiger charge is -2.11. The van der Waals surface area contributed by atoms with Crippen molar-refractivity contribution in [3.63, 3.8) is 0 Å². The molecule has 0 unspecified atom stereocenters. The van der Waals surface area contributed by atoms with Crippen molar-refractivity contribution in [2.75, 3.05) is 12.4 Å². The van der Waals surface area contributed by atoms with Gasteiger partial charge >= 0.3 is 0 Å². The zero-order valence-electron chi connectivity index (χ0n) is 14.2. The van der Waals surface area contributed by atoms with Gasteiger partial charge in [0.2, 0.25) is 0 Å². The molecular formula is C19H16ClN3O3. The minimum absolute atomic E-state index is 0.231. The van der Waals surface area contributed by atoms with Gasteiger partial charge in [-0.3, -0.25) is 9.59 Å². The predicted molar refractivity (Wildman–Crippen MR) is 101 cm³/mol. The smallest absolute Gasteiger partial charge is 0.259 e. The summed E-state index contributed by atoms with van der Waals surface area (Å²) in [5, 5.41) is 3.24. The Hall–Kier alpha value is -3.12.